The number of hydrogen-bond acceptors (Lipinski definition) is 4. The van der Waals surface area contributed by atoms with E-state index in [0.717, 1.165) is 77.2 Å². The third-order valence-corrected chi connectivity index (χ3v) is 5.65. The number of nitrogens with one attached hydrogen (secondary N) is 1. The number of rotatable bonds is 6. The fraction of sp³-hybridized carbons (Fsp3) is 0.667. The summed E-state index contributed by atoms with van der Waals surface area (Å²) in [7, 11) is 2.18. The Hall–Kier alpha value is -0.850. The van der Waals surface area contributed by atoms with Crippen molar-refractivity contribution in [2.75, 3.05) is 52.9 Å². The molecule has 2 fully saturated rings. The Morgan fingerprint density at radius 2 is 1.82 bits per heavy atom. The molecule has 0 aliphatic carbocycles. The van der Waals surface area contributed by atoms with Crippen LogP contribution in [0.1, 0.15) is 42.1 Å². The highest BCUT2D eigenvalue weighted by atomic mass is 35.5. The maximum Gasteiger partial charge on any atom is 0.254 e. The summed E-state index contributed by atoms with van der Waals surface area (Å²) in [5.41, 5.74) is 2.10. The van der Waals surface area contributed by atoms with Gasteiger partial charge < -0.3 is 15.1 Å². The Labute approximate surface area is 182 Å². The maximum atomic E-state index is 13.2. The topological polar surface area (TPSA) is 38.8 Å². The minimum Gasteiger partial charge on any atom is -0.336 e. The summed E-state index contributed by atoms with van der Waals surface area (Å²) in [6.45, 7) is 10.4. The number of carbonyl (C=O) groups excluding carboxylic acids is 1. The van der Waals surface area contributed by atoms with Crippen molar-refractivity contribution in [2.24, 2.45) is 0 Å². The highest BCUT2D eigenvalue weighted by molar-refractivity contribution is 5.94. The monoisotopic (exact) mass is 430 g/mol. The first-order valence-corrected chi connectivity index (χ1v) is 10.2. The van der Waals surface area contributed by atoms with Gasteiger partial charge in [0, 0.05) is 50.9 Å². The molecule has 0 spiro atoms. The lowest BCUT2D eigenvalue weighted by Crippen LogP contribution is -2.46. The lowest BCUT2D eigenvalue weighted by molar-refractivity contribution is 0.0642. The summed E-state index contributed by atoms with van der Waals surface area (Å²) >= 11 is 0. The zero-order valence-electron chi connectivity index (χ0n) is 17.2. The minimum atomic E-state index is 0. The summed E-state index contributed by atoms with van der Waals surface area (Å²) < 4.78 is 0. The van der Waals surface area contributed by atoms with E-state index in [-0.39, 0.29) is 30.7 Å². The molecule has 28 heavy (non-hydrogen) atoms. The van der Waals surface area contributed by atoms with E-state index in [4.69, 9.17) is 0 Å². The Morgan fingerprint density at radius 1 is 1.14 bits per heavy atom. The predicted octanol–water partition coefficient (Wildman–Crippen LogP) is 2.88. The van der Waals surface area contributed by atoms with Crippen molar-refractivity contribution in [2.45, 2.75) is 38.8 Å². The van der Waals surface area contributed by atoms with E-state index < -0.39 is 0 Å². The van der Waals surface area contributed by atoms with Crippen LogP contribution in [0, 0.1) is 0 Å². The molecular weight excluding hydrogens is 395 g/mol. The molecule has 0 unspecified atom stereocenters. The van der Waals surface area contributed by atoms with Crippen molar-refractivity contribution in [1.82, 2.24) is 20.0 Å². The quantitative estimate of drug-likeness (QED) is 0.752. The fourth-order valence-electron chi connectivity index (χ4n) is 4.04. The molecule has 7 heteroatoms. The van der Waals surface area contributed by atoms with Gasteiger partial charge in [0.1, 0.15) is 0 Å². The van der Waals surface area contributed by atoms with E-state index in [1.807, 2.05) is 12.1 Å². The van der Waals surface area contributed by atoms with Crippen molar-refractivity contribution in [3.8, 4) is 0 Å². The standard InChI is InChI=1S/C21H34N4O.2ClH/c1-3-11-25(20-7-9-22-10-8-20)21(26)19-6-4-5-18(16-19)17-24-14-12-23(2)13-15-24;;/h4-6,16,20,22H,3,7-15,17H2,1-2H3;2*1H. The maximum absolute atomic E-state index is 13.2. The van der Waals surface area contributed by atoms with Gasteiger partial charge in [0.25, 0.3) is 5.91 Å². The molecule has 1 aromatic carbocycles. The van der Waals surface area contributed by atoms with Crippen LogP contribution >= 0.6 is 24.8 Å². The van der Waals surface area contributed by atoms with Crippen LogP contribution < -0.4 is 5.32 Å². The Bertz CT molecular complexity index is 588. The van der Waals surface area contributed by atoms with Gasteiger partial charge in [-0.05, 0) is 57.1 Å². The van der Waals surface area contributed by atoms with Gasteiger partial charge in [-0.3, -0.25) is 9.69 Å². The number of piperidine rings is 1. The lowest BCUT2D eigenvalue weighted by Gasteiger charge is -2.35. The van der Waals surface area contributed by atoms with Crippen molar-refractivity contribution < 1.29 is 4.79 Å². The number of benzene rings is 1. The first-order valence-electron chi connectivity index (χ1n) is 10.2. The molecule has 2 heterocycles. The lowest BCUT2D eigenvalue weighted by atomic mass is 10.0. The summed E-state index contributed by atoms with van der Waals surface area (Å²) in [5.74, 6) is 0.207. The van der Waals surface area contributed by atoms with Crippen LogP contribution in [-0.2, 0) is 6.54 Å². The minimum absolute atomic E-state index is 0. The average Bonchev–Trinajstić information content (AvgIpc) is 2.68. The number of halogens is 2. The van der Waals surface area contributed by atoms with E-state index in [1.165, 1.54) is 5.56 Å². The summed E-state index contributed by atoms with van der Waals surface area (Å²) in [6, 6.07) is 8.68. The van der Waals surface area contributed by atoms with Gasteiger partial charge in [-0.1, -0.05) is 19.1 Å². The molecule has 0 atom stereocenters. The van der Waals surface area contributed by atoms with Crippen molar-refractivity contribution in [3.63, 3.8) is 0 Å². The molecule has 1 aromatic rings. The van der Waals surface area contributed by atoms with Gasteiger partial charge in [-0.15, -0.1) is 24.8 Å². The molecule has 0 aromatic heterocycles. The number of nitrogens with zero attached hydrogens (tertiary/aromatic N) is 3. The normalized spacial score (nSPS) is 18.8. The molecule has 1 amide bonds. The van der Waals surface area contributed by atoms with Gasteiger partial charge in [0.15, 0.2) is 0 Å². The number of piperazine rings is 1. The molecular formula is C21H36Cl2N4O. The van der Waals surface area contributed by atoms with Gasteiger partial charge in [-0.2, -0.15) is 0 Å². The van der Waals surface area contributed by atoms with Gasteiger partial charge in [0.05, 0.1) is 0 Å². The molecule has 3 rings (SSSR count). The highest BCUT2D eigenvalue weighted by Gasteiger charge is 2.25. The SMILES string of the molecule is CCCN(C(=O)c1cccc(CN2CCN(C)CC2)c1)C1CCNCC1.Cl.Cl. The molecule has 160 valence electrons. The molecule has 1 N–H and O–H groups in total. The van der Waals surface area contributed by atoms with Crippen molar-refractivity contribution >= 4 is 30.7 Å². The van der Waals surface area contributed by atoms with Crippen molar-refractivity contribution in [3.05, 3.63) is 35.4 Å². The van der Waals surface area contributed by atoms with Crippen molar-refractivity contribution in [1.29, 1.82) is 0 Å². The van der Waals surface area contributed by atoms with E-state index in [1.54, 1.807) is 0 Å². The summed E-state index contributed by atoms with van der Waals surface area (Å²) in [4.78, 5) is 20.2. The second kappa shape index (κ2) is 12.7. The van der Waals surface area contributed by atoms with Crippen LogP contribution in [0.3, 0.4) is 0 Å². The Morgan fingerprint density at radius 3 is 2.46 bits per heavy atom. The molecule has 2 aliphatic rings. The molecule has 2 saturated heterocycles. The van der Waals surface area contributed by atoms with Gasteiger partial charge in [0.2, 0.25) is 0 Å². The van der Waals surface area contributed by atoms with Crippen LogP contribution in [0.15, 0.2) is 24.3 Å². The summed E-state index contributed by atoms with van der Waals surface area (Å²) in [5, 5.41) is 3.40. The second-order valence-corrected chi connectivity index (χ2v) is 7.76. The van der Waals surface area contributed by atoms with Gasteiger partial charge >= 0.3 is 0 Å². The zero-order valence-corrected chi connectivity index (χ0v) is 18.9. The largest absolute Gasteiger partial charge is 0.336 e. The molecule has 5 nitrogen and oxygen atoms in total. The third-order valence-electron chi connectivity index (χ3n) is 5.65. The number of amides is 1. The average molecular weight is 431 g/mol. The molecule has 2 aliphatic heterocycles. The second-order valence-electron chi connectivity index (χ2n) is 7.76. The van der Waals surface area contributed by atoms with Gasteiger partial charge in [-0.25, -0.2) is 0 Å². The first kappa shape index (κ1) is 25.2. The number of carbonyl (C=O) groups is 1. The smallest absolute Gasteiger partial charge is 0.254 e. The molecule has 0 radical (unpaired) electrons. The molecule has 0 saturated carbocycles. The fourth-order valence-corrected chi connectivity index (χ4v) is 4.04. The van der Waals surface area contributed by atoms with Crippen LogP contribution in [-0.4, -0.2) is 79.5 Å². The third kappa shape index (κ3) is 6.89. The van der Waals surface area contributed by atoms with Crippen LogP contribution in [0.5, 0.6) is 0 Å². The van der Waals surface area contributed by atoms with Crippen LogP contribution in [0.2, 0.25) is 0 Å². The van der Waals surface area contributed by atoms with Crippen LogP contribution in [0.25, 0.3) is 0 Å². The molecule has 0 bridgehead atoms. The highest BCUT2D eigenvalue weighted by Crippen LogP contribution is 2.18. The number of hydrogen-bond donors (Lipinski definition) is 1. The zero-order chi connectivity index (χ0) is 18.4. The summed E-state index contributed by atoms with van der Waals surface area (Å²) in [6.07, 6.45) is 3.14. The van der Waals surface area contributed by atoms with E-state index in [0.29, 0.717) is 6.04 Å². The predicted molar refractivity (Wildman–Crippen MR) is 121 cm³/mol. The van der Waals surface area contributed by atoms with E-state index in [2.05, 4.69) is 46.1 Å². The first-order chi connectivity index (χ1) is 12.7. The van der Waals surface area contributed by atoms with E-state index >= 15 is 0 Å². The van der Waals surface area contributed by atoms with Crippen LogP contribution in [0.4, 0.5) is 0 Å². The van der Waals surface area contributed by atoms with E-state index in [9.17, 15) is 4.79 Å². The number of likely N-dealkylation sites (N-methyl/N-ethyl adjacent to an activating group) is 1. The Kier molecular flexibility index (Phi) is 11.4. The Balaban J connectivity index is 0.00000196.